The number of aromatic nitrogens is 4. The standard InChI is InChI=1S/C13H17N5O2S/c1-9(2)14-12(19)8-21-13-15-16-17-18(13)10-5-4-6-11(7-10)20-3/h4-7,9H,8H2,1-3H3,(H,14,19). The topological polar surface area (TPSA) is 81.9 Å². The van der Waals surface area contributed by atoms with Gasteiger partial charge in [0.15, 0.2) is 0 Å². The maximum absolute atomic E-state index is 11.7. The third kappa shape index (κ3) is 4.19. The van der Waals surface area contributed by atoms with Crippen molar-refractivity contribution < 1.29 is 9.53 Å². The van der Waals surface area contributed by atoms with Crippen LogP contribution < -0.4 is 10.1 Å². The first-order chi connectivity index (χ1) is 10.1. The van der Waals surface area contributed by atoms with E-state index >= 15 is 0 Å². The molecule has 0 bridgehead atoms. The van der Waals surface area contributed by atoms with Crippen LogP contribution in [0.2, 0.25) is 0 Å². The summed E-state index contributed by atoms with van der Waals surface area (Å²) in [6.45, 7) is 3.84. The number of amides is 1. The Morgan fingerprint density at radius 2 is 2.29 bits per heavy atom. The van der Waals surface area contributed by atoms with E-state index in [1.807, 2.05) is 38.1 Å². The largest absolute Gasteiger partial charge is 0.497 e. The number of nitrogens with one attached hydrogen (secondary N) is 1. The van der Waals surface area contributed by atoms with Crippen molar-refractivity contribution in [1.82, 2.24) is 25.5 Å². The third-order valence-corrected chi connectivity index (χ3v) is 3.44. The fourth-order valence-electron chi connectivity index (χ4n) is 1.67. The molecule has 112 valence electrons. The molecule has 0 aliphatic rings. The summed E-state index contributed by atoms with van der Waals surface area (Å²) in [6.07, 6.45) is 0. The lowest BCUT2D eigenvalue weighted by Crippen LogP contribution is -2.31. The Hall–Kier alpha value is -2.09. The molecule has 7 nitrogen and oxygen atoms in total. The van der Waals surface area contributed by atoms with Gasteiger partial charge in [-0.2, -0.15) is 4.68 Å². The van der Waals surface area contributed by atoms with Gasteiger partial charge in [-0.25, -0.2) is 0 Å². The second-order valence-corrected chi connectivity index (χ2v) is 5.53. The molecule has 0 radical (unpaired) electrons. The Bertz CT molecular complexity index is 614. The Kier molecular flexibility index (Phi) is 5.15. The molecule has 8 heteroatoms. The minimum atomic E-state index is -0.0461. The lowest BCUT2D eigenvalue weighted by Gasteiger charge is -2.08. The number of nitrogens with zero attached hydrogens (tertiary/aromatic N) is 4. The smallest absolute Gasteiger partial charge is 0.230 e. The van der Waals surface area contributed by atoms with E-state index in [0.717, 1.165) is 11.4 Å². The van der Waals surface area contributed by atoms with Crippen LogP contribution in [0, 0.1) is 0 Å². The molecule has 0 saturated carbocycles. The summed E-state index contributed by atoms with van der Waals surface area (Å²) in [5, 5.41) is 14.9. The van der Waals surface area contributed by atoms with Crippen LogP contribution in [0.15, 0.2) is 29.4 Å². The van der Waals surface area contributed by atoms with E-state index in [0.29, 0.717) is 5.16 Å². The van der Waals surface area contributed by atoms with Gasteiger partial charge in [0.05, 0.1) is 18.6 Å². The fraction of sp³-hybridized carbons (Fsp3) is 0.385. The highest BCUT2D eigenvalue weighted by atomic mass is 32.2. The molecule has 0 saturated heterocycles. The van der Waals surface area contributed by atoms with Crippen LogP contribution in [0.25, 0.3) is 5.69 Å². The molecule has 2 aromatic rings. The van der Waals surface area contributed by atoms with Crippen LogP contribution in [-0.2, 0) is 4.79 Å². The summed E-state index contributed by atoms with van der Waals surface area (Å²) in [5.74, 6) is 0.939. The molecule has 0 aliphatic heterocycles. The van der Waals surface area contributed by atoms with Crippen LogP contribution in [0.4, 0.5) is 0 Å². The average Bonchev–Trinajstić information content (AvgIpc) is 2.93. The quantitative estimate of drug-likeness (QED) is 0.810. The van der Waals surface area contributed by atoms with E-state index in [-0.39, 0.29) is 17.7 Å². The zero-order valence-electron chi connectivity index (χ0n) is 12.1. The van der Waals surface area contributed by atoms with Gasteiger partial charge < -0.3 is 10.1 Å². The van der Waals surface area contributed by atoms with Crippen molar-refractivity contribution in [3.63, 3.8) is 0 Å². The fourth-order valence-corrected chi connectivity index (χ4v) is 2.37. The number of rotatable bonds is 6. The zero-order valence-corrected chi connectivity index (χ0v) is 12.9. The van der Waals surface area contributed by atoms with E-state index in [1.165, 1.54) is 11.8 Å². The van der Waals surface area contributed by atoms with Crippen molar-refractivity contribution in [3.8, 4) is 11.4 Å². The van der Waals surface area contributed by atoms with E-state index < -0.39 is 0 Å². The van der Waals surface area contributed by atoms with E-state index in [4.69, 9.17) is 4.74 Å². The van der Waals surface area contributed by atoms with E-state index in [9.17, 15) is 4.79 Å². The van der Waals surface area contributed by atoms with Crippen molar-refractivity contribution in [2.75, 3.05) is 12.9 Å². The van der Waals surface area contributed by atoms with Gasteiger partial charge in [0.25, 0.3) is 0 Å². The molecular weight excluding hydrogens is 290 g/mol. The number of carbonyl (C=O) groups excluding carboxylic acids is 1. The molecule has 2 rings (SSSR count). The monoisotopic (exact) mass is 307 g/mol. The molecule has 0 fully saturated rings. The van der Waals surface area contributed by atoms with Gasteiger partial charge in [0.2, 0.25) is 11.1 Å². The molecule has 0 aliphatic carbocycles. The van der Waals surface area contributed by atoms with Crippen LogP contribution in [0.5, 0.6) is 5.75 Å². The van der Waals surface area contributed by atoms with Crippen molar-refractivity contribution in [3.05, 3.63) is 24.3 Å². The predicted molar refractivity (Wildman–Crippen MR) is 79.7 cm³/mol. The third-order valence-electron chi connectivity index (χ3n) is 2.52. The Morgan fingerprint density at radius 3 is 3.00 bits per heavy atom. The molecule has 0 unspecified atom stereocenters. The van der Waals surface area contributed by atoms with Crippen LogP contribution in [0.1, 0.15) is 13.8 Å². The number of tetrazole rings is 1. The van der Waals surface area contributed by atoms with E-state index in [2.05, 4.69) is 20.8 Å². The van der Waals surface area contributed by atoms with Crippen molar-refractivity contribution in [2.24, 2.45) is 0 Å². The first-order valence-corrected chi connectivity index (χ1v) is 7.43. The molecule has 1 amide bonds. The number of benzene rings is 1. The Labute approximate surface area is 127 Å². The zero-order chi connectivity index (χ0) is 15.2. The summed E-state index contributed by atoms with van der Waals surface area (Å²) in [5.41, 5.74) is 0.783. The highest BCUT2D eigenvalue weighted by Gasteiger charge is 2.12. The lowest BCUT2D eigenvalue weighted by atomic mass is 10.3. The molecule has 0 atom stereocenters. The number of carbonyl (C=O) groups is 1. The van der Waals surface area contributed by atoms with Crippen molar-refractivity contribution in [1.29, 1.82) is 0 Å². The predicted octanol–water partition coefficient (Wildman–Crippen LogP) is 1.29. The maximum atomic E-state index is 11.7. The highest BCUT2D eigenvalue weighted by Crippen LogP contribution is 2.21. The molecule has 21 heavy (non-hydrogen) atoms. The number of hydrogen-bond donors (Lipinski definition) is 1. The molecule has 1 aromatic carbocycles. The Morgan fingerprint density at radius 1 is 1.48 bits per heavy atom. The normalized spacial score (nSPS) is 10.7. The van der Waals surface area contributed by atoms with Gasteiger partial charge in [0.1, 0.15) is 5.75 Å². The van der Waals surface area contributed by atoms with Gasteiger partial charge in [-0.15, -0.1) is 5.10 Å². The molecule has 1 aromatic heterocycles. The van der Waals surface area contributed by atoms with Crippen LogP contribution in [0.3, 0.4) is 0 Å². The average molecular weight is 307 g/mol. The van der Waals surface area contributed by atoms with Crippen molar-refractivity contribution in [2.45, 2.75) is 25.0 Å². The van der Waals surface area contributed by atoms with Gasteiger partial charge in [0, 0.05) is 12.1 Å². The van der Waals surface area contributed by atoms with Gasteiger partial charge in [-0.3, -0.25) is 4.79 Å². The maximum Gasteiger partial charge on any atom is 0.230 e. The van der Waals surface area contributed by atoms with Crippen LogP contribution >= 0.6 is 11.8 Å². The Balaban J connectivity index is 2.09. The summed E-state index contributed by atoms with van der Waals surface area (Å²) in [4.78, 5) is 11.7. The molecule has 0 spiro atoms. The molecule has 1 heterocycles. The molecular formula is C13H17N5O2S. The van der Waals surface area contributed by atoms with Gasteiger partial charge in [-0.1, -0.05) is 17.8 Å². The van der Waals surface area contributed by atoms with E-state index in [1.54, 1.807) is 11.8 Å². The van der Waals surface area contributed by atoms with Gasteiger partial charge >= 0.3 is 0 Å². The lowest BCUT2D eigenvalue weighted by molar-refractivity contribution is -0.119. The first kappa shape index (κ1) is 15.3. The van der Waals surface area contributed by atoms with Gasteiger partial charge in [-0.05, 0) is 36.4 Å². The number of ether oxygens (including phenoxy) is 1. The summed E-state index contributed by atoms with van der Waals surface area (Å²) in [7, 11) is 1.60. The number of hydrogen-bond acceptors (Lipinski definition) is 6. The second-order valence-electron chi connectivity index (χ2n) is 4.59. The highest BCUT2D eigenvalue weighted by molar-refractivity contribution is 7.99. The van der Waals surface area contributed by atoms with Crippen LogP contribution in [-0.4, -0.2) is 45.0 Å². The summed E-state index contributed by atoms with van der Waals surface area (Å²) in [6, 6.07) is 7.52. The first-order valence-electron chi connectivity index (χ1n) is 6.45. The summed E-state index contributed by atoms with van der Waals surface area (Å²) >= 11 is 1.29. The second kappa shape index (κ2) is 7.07. The molecule has 1 N–H and O–H groups in total. The number of methoxy groups -OCH3 is 1. The number of thioether (sulfide) groups is 1. The van der Waals surface area contributed by atoms with Crippen molar-refractivity contribution >= 4 is 17.7 Å². The minimum absolute atomic E-state index is 0.0461. The summed E-state index contributed by atoms with van der Waals surface area (Å²) < 4.78 is 6.76. The SMILES string of the molecule is COc1cccc(-n2nnnc2SCC(=O)NC(C)C)c1. The minimum Gasteiger partial charge on any atom is -0.497 e.